The predicted octanol–water partition coefficient (Wildman–Crippen LogP) is 4.61. The van der Waals surface area contributed by atoms with Crippen LogP contribution >= 0.6 is 15.9 Å². The quantitative estimate of drug-likeness (QED) is 0.772. The fourth-order valence-electron chi connectivity index (χ4n) is 2.11. The maximum absolute atomic E-state index is 13.1. The van der Waals surface area contributed by atoms with Crippen molar-refractivity contribution in [1.29, 1.82) is 0 Å². The van der Waals surface area contributed by atoms with Crippen LogP contribution < -0.4 is 5.32 Å². The lowest BCUT2D eigenvalue weighted by Gasteiger charge is -2.30. The molecule has 1 unspecified atom stereocenters. The van der Waals surface area contributed by atoms with E-state index in [1.165, 1.54) is 26.2 Å². The molecule has 1 rings (SSSR count). The summed E-state index contributed by atoms with van der Waals surface area (Å²) in [5, 5.41) is 2.70. The lowest BCUT2D eigenvalue weighted by Crippen LogP contribution is -2.44. The molecule has 1 aromatic rings. The van der Waals surface area contributed by atoms with E-state index in [4.69, 9.17) is 4.74 Å². The second-order valence-electron chi connectivity index (χ2n) is 4.89. The van der Waals surface area contributed by atoms with Gasteiger partial charge in [-0.15, -0.1) is 0 Å². The molecule has 0 aliphatic carbocycles. The minimum atomic E-state index is -4.51. The molecule has 0 bridgehead atoms. The Balaban J connectivity index is 3.26. The zero-order chi connectivity index (χ0) is 16.3. The van der Waals surface area contributed by atoms with Crippen LogP contribution in [0.2, 0.25) is 0 Å². The highest BCUT2D eigenvalue weighted by Gasteiger charge is 2.38. The summed E-state index contributed by atoms with van der Waals surface area (Å²) in [4.78, 5) is 11.9. The summed E-state index contributed by atoms with van der Waals surface area (Å²) in [5.74, 6) is -0.600. The van der Waals surface area contributed by atoms with Crippen LogP contribution in [0.25, 0.3) is 0 Å². The zero-order valence-corrected chi connectivity index (χ0v) is 13.6. The third-order valence-corrected chi connectivity index (χ3v) is 3.58. The highest BCUT2D eigenvalue weighted by Crippen LogP contribution is 2.38. The Labute approximate surface area is 130 Å². The van der Waals surface area contributed by atoms with Gasteiger partial charge in [-0.2, -0.15) is 13.2 Å². The second-order valence-corrected chi connectivity index (χ2v) is 5.80. The maximum atomic E-state index is 13.1. The number of ether oxygens (including phenoxy) is 1. The monoisotopic (exact) mass is 367 g/mol. The van der Waals surface area contributed by atoms with Gasteiger partial charge in [0.2, 0.25) is 0 Å². The molecule has 1 aromatic carbocycles. The first-order valence-corrected chi connectivity index (χ1v) is 7.16. The van der Waals surface area contributed by atoms with E-state index in [1.807, 2.05) is 6.92 Å². The molecule has 0 amide bonds. The first-order valence-electron chi connectivity index (χ1n) is 6.37. The molecule has 0 aliphatic heterocycles. The molecule has 0 saturated heterocycles. The van der Waals surface area contributed by atoms with Gasteiger partial charge in [-0.05, 0) is 31.5 Å². The van der Waals surface area contributed by atoms with E-state index in [0.717, 1.165) is 6.07 Å². The lowest BCUT2D eigenvalue weighted by atomic mass is 9.95. The number of methoxy groups -OCH3 is 1. The molecule has 3 nitrogen and oxygen atoms in total. The number of esters is 1. The number of hydrogen-bond acceptors (Lipinski definition) is 3. The molecular formula is C14H17BrF3NO2. The molecular weight excluding hydrogens is 351 g/mol. The zero-order valence-electron chi connectivity index (χ0n) is 12.0. The summed E-state index contributed by atoms with van der Waals surface area (Å²) in [5.41, 5.74) is -2.19. The topological polar surface area (TPSA) is 38.3 Å². The van der Waals surface area contributed by atoms with Crippen LogP contribution in [-0.2, 0) is 15.7 Å². The molecule has 1 N–H and O–H groups in total. The van der Waals surface area contributed by atoms with Crippen LogP contribution in [0.4, 0.5) is 18.9 Å². The number of rotatable bonds is 5. The number of alkyl halides is 3. The SMILES string of the molecule is CCCC(C)(Nc1cc(Br)ccc1C(F)(F)F)C(=O)OC. The Morgan fingerprint density at radius 2 is 2.00 bits per heavy atom. The Kier molecular flexibility index (Phi) is 5.67. The number of anilines is 1. The van der Waals surface area contributed by atoms with Crippen LogP contribution in [-0.4, -0.2) is 18.6 Å². The Bertz CT molecular complexity index is 519. The molecule has 0 radical (unpaired) electrons. The summed E-state index contributed by atoms with van der Waals surface area (Å²) in [7, 11) is 1.21. The normalized spacial score (nSPS) is 14.4. The van der Waals surface area contributed by atoms with E-state index in [-0.39, 0.29) is 5.69 Å². The van der Waals surface area contributed by atoms with Gasteiger partial charge in [-0.3, -0.25) is 0 Å². The predicted molar refractivity (Wildman–Crippen MR) is 78.1 cm³/mol. The van der Waals surface area contributed by atoms with E-state index >= 15 is 0 Å². The molecule has 118 valence electrons. The smallest absolute Gasteiger partial charge is 0.418 e. The lowest BCUT2D eigenvalue weighted by molar-refractivity contribution is -0.146. The van der Waals surface area contributed by atoms with Gasteiger partial charge in [0, 0.05) is 10.2 Å². The fraction of sp³-hybridized carbons (Fsp3) is 0.500. The van der Waals surface area contributed by atoms with Gasteiger partial charge in [0.15, 0.2) is 0 Å². The number of carbonyl (C=O) groups excluding carboxylic acids is 1. The van der Waals surface area contributed by atoms with Crippen molar-refractivity contribution in [3.63, 3.8) is 0 Å². The van der Waals surface area contributed by atoms with Gasteiger partial charge in [0.05, 0.1) is 12.7 Å². The highest BCUT2D eigenvalue weighted by atomic mass is 79.9. The summed E-state index contributed by atoms with van der Waals surface area (Å²) in [6.45, 7) is 3.37. The van der Waals surface area contributed by atoms with Crippen molar-refractivity contribution in [2.45, 2.75) is 38.4 Å². The molecule has 21 heavy (non-hydrogen) atoms. The van der Waals surface area contributed by atoms with Gasteiger partial charge in [-0.25, -0.2) is 4.79 Å². The standard InChI is InChI=1S/C14H17BrF3NO2/c1-4-7-13(2,12(20)21-3)19-11-8-9(15)5-6-10(11)14(16,17)18/h5-6,8,19H,4,7H2,1-3H3. The van der Waals surface area contributed by atoms with Crippen LogP contribution in [0.5, 0.6) is 0 Å². The van der Waals surface area contributed by atoms with Crippen LogP contribution in [0.1, 0.15) is 32.3 Å². The van der Waals surface area contributed by atoms with E-state index in [1.54, 1.807) is 0 Å². The number of benzene rings is 1. The van der Waals surface area contributed by atoms with Crippen molar-refractivity contribution in [3.8, 4) is 0 Å². The minimum absolute atomic E-state index is 0.154. The van der Waals surface area contributed by atoms with E-state index in [0.29, 0.717) is 17.3 Å². The molecule has 0 heterocycles. The van der Waals surface area contributed by atoms with Gasteiger partial charge in [0.25, 0.3) is 0 Å². The van der Waals surface area contributed by atoms with Gasteiger partial charge in [-0.1, -0.05) is 29.3 Å². The van der Waals surface area contributed by atoms with Crippen molar-refractivity contribution in [2.75, 3.05) is 12.4 Å². The van der Waals surface area contributed by atoms with Crippen molar-refractivity contribution >= 4 is 27.6 Å². The van der Waals surface area contributed by atoms with Crippen molar-refractivity contribution < 1.29 is 22.7 Å². The first-order chi connectivity index (χ1) is 9.64. The van der Waals surface area contributed by atoms with E-state index in [9.17, 15) is 18.0 Å². The summed E-state index contributed by atoms with van der Waals surface area (Å²) in [6.07, 6.45) is -3.54. The van der Waals surface area contributed by atoms with Crippen LogP contribution in [0.15, 0.2) is 22.7 Å². The van der Waals surface area contributed by atoms with Crippen molar-refractivity contribution in [3.05, 3.63) is 28.2 Å². The molecule has 0 fully saturated rings. The summed E-state index contributed by atoms with van der Waals surface area (Å²) in [6, 6.07) is 3.58. The maximum Gasteiger partial charge on any atom is 0.418 e. The average Bonchev–Trinajstić information content (AvgIpc) is 2.36. The van der Waals surface area contributed by atoms with Crippen LogP contribution in [0.3, 0.4) is 0 Å². The minimum Gasteiger partial charge on any atom is -0.467 e. The van der Waals surface area contributed by atoms with Gasteiger partial charge >= 0.3 is 12.1 Å². The molecule has 1 atom stereocenters. The number of halogens is 4. The Morgan fingerprint density at radius 1 is 1.38 bits per heavy atom. The average molecular weight is 368 g/mol. The number of carbonyl (C=O) groups is 1. The van der Waals surface area contributed by atoms with Gasteiger partial charge < -0.3 is 10.1 Å². The summed E-state index contributed by atoms with van der Waals surface area (Å²) < 4.78 is 44.3. The van der Waals surface area contributed by atoms with E-state index < -0.39 is 23.2 Å². The molecule has 0 saturated carbocycles. The third kappa shape index (κ3) is 4.36. The van der Waals surface area contributed by atoms with E-state index in [2.05, 4.69) is 21.2 Å². The summed E-state index contributed by atoms with van der Waals surface area (Å²) >= 11 is 3.14. The molecule has 7 heteroatoms. The number of nitrogens with one attached hydrogen (secondary N) is 1. The molecule has 0 aromatic heterocycles. The highest BCUT2D eigenvalue weighted by molar-refractivity contribution is 9.10. The fourth-order valence-corrected chi connectivity index (χ4v) is 2.47. The molecule has 0 aliphatic rings. The number of hydrogen-bond donors (Lipinski definition) is 1. The van der Waals surface area contributed by atoms with Crippen molar-refractivity contribution in [1.82, 2.24) is 0 Å². The second kappa shape index (κ2) is 6.68. The molecule has 0 spiro atoms. The Hall–Kier alpha value is -1.24. The van der Waals surface area contributed by atoms with Crippen molar-refractivity contribution in [2.24, 2.45) is 0 Å². The van der Waals surface area contributed by atoms with Gasteiger partial charge in [0.1, 0.15) is 5.54 Å². The third-order valence-electron chi connectivity index (χ3n) is 3.08. The Morgan fingerprint density at radius 3 is 2.48 bits per heavy atom. The van der Waals surface area contributed by atoms with Crippen LogP contribution in [0, 0.1) is 0 Å². The first kappa shape index (κ1) is 17.8. The largest absolute Gasteiger partial charge is 0.467 e.